The molecular formula is C16H16ClFN2S. The first-order valence-electron chi connectivity index (χ1n) is 6.47. The molecule has 21 heavy (non-hydrogen) atoms. The van der Waals surface area contributed by atoms with Gasteiger partial charge in [0.05, 0.1) is 0 Å². The zero-order chi connectivity index (χ0) is 15.4. The number of halogens is 2. The van der Waals surface area contributed by atoms with Gasteiger partial charge in [-0.2, -0.15) is 0 Å². The molecule has 0 aromatic heterocycles. The highest BCUT2D eigenvalue weighted by Gasteiger charge is 2.10. The van der Waals surface area contributed by atoms with E-state index in [9.17, 15) is 4.39 Å². The van der Waals surface area contributed by atoms with Crippen LogP contribution in [0.2, 0.25) is 5.02 Å². The largest absolute Gasteiger partial charge is 0.389 e. The molecule has 0 heterocycles. The number of benzene rings is 2. The summed E-state index contributed by atoms with van der Waals surface area (Å²) in [6.07, 6.45) is 0. The fourth-order valence-electron chi connectivity index (χ4n) is 2.23. The summed E-state index contributed by atoms with van der Waals surface area (Å²) in [5.74, 6) is -0.291. The average molecular weight is 323 g/mol. The number of hydrogen-bond acceptors (Lipinski definition) is 2. The summed E-state index contributed by atoms with van der Waals surface area (Å²) in [5.41, 5.74) is 8.28. The second-order valence-electron chi connectivity index (χ2n) is 4.97. The van der Waals surface area contributed by atoms with E-state index in [1.807, 2.05) is 31.3 Å². The van der Waals surface area contributed by atoms with Gasteiger partial charge in [0.2, 0.25) is 0 Å². The molecule has 0 aliphatic rings. The molecule has 0 atom stereocenters. The van der Waals surface area contributed by atoms with Crippen molar-refractivity contribution < 1.29 is 4.39 Å². The van der Waals surface area contributed by atoms with Crippen LogP contribution in [0.25, 0.3) is 0 Å². The molecule has 110 valence electrons. The third-order valence-electron chi connectivity index (χ3n) is 3.11. The number of rotatable bonds is 5. The molecule has 2 nitrogen and oxygen atoms in total. The van der Waals surface area contributed by atoms with E-state index in [-0.39, 0.29) is 10.8 Å². The molecule has 0 unspecified atom stereocenters. The lowest BCUT2D eigenvalue weighted by atomic mass is 10.1. The SMILES string of the molecule is CN(Cc1cccc(Cl)c1)Cc1cc(F)ccc1C(N)=S. The average Bonchev–Trinajstić information content (AvgIpc) is 2.38. The molecule has 0 amide bonds. The van der Waals surface area contributed by atoms with Crippen molar-refractivity contribution in [1.82, 2.24) is 4.90 Å². The fourth-order valence-corrected chi connectivity index (χ4v) is 2.64. The summed E-state index contributed by atoms with van der Waals surface area (Å²) in [6, 6.07) is 12.1. The molecule has 0 radical (unpaired) electrons. The summed E-state index contributed by atoms with van der Waals surface area (Å²) in [6.45, 7) is 1.25. The summed E-state index contributed by atoms with van der Waals surface area (Å²) >= 11 is 11.0. The van der Waals surface area contributed by atoms with E-state index in [1.54, 1.807) is 6.07 Å². The summed E-state index contributed by atoms with van der Waals surface area (Å²) in [5, 5.41) is 0.704. The van der Waals surface area contributed by atoms with E-state index in [4.69, 9.17) is 29.6 Å². The summed E-state index contributed by atoms with van der Waals surface area (Å²) in [7, 11) is 1.95. The molecule has 2 N–H and O–H groups in total. The van der Waals surface area contributed by atoms with Crippen molar-refractivity contribution in [2.45, 2.75) is 13.1 Å². The maximum atomic E-state index is 13.4. The second kappa shape index (κ2) is 6.98. The van der Waals surface area contributed by atoms with Gasteiger partial charge in [0.1, 0.15) is 10.8 Å². The molecule has 2 aromatic rings. The first kappa shape index (κ1) is 15.9. The van der Waals surface area contributed by atoms with Crippen LogP contribution in [0, 0.1) is 5.82 Å². The molecule has 0 aliphatic heterocycles. The van der Waals surface area contributed by atoms with Crippen LogP contribution in [0.3, 0.4) is 0 Å². The monoisotopic (exact) mass is 322 g/mol. The first-order valence-corrected chi connectivity index (χ1v) is 7.25. The highest BCUT2D eigenvalue weighted by Crippen LogP contribution is 2.16. The van der Waals surface area contributed by atoms with E-state index < -0.39 is 0 Å². The molecule has 0 fully saturated rings. The molecule has 0 spiro atoms. The standard InChI is InChI=1S/C16H16ClFN2S/c1-20(9-11-3-2-4-13(17)7-11)10-12-8-14(18)5-6-15(12)16(19)21/h2-8H,9-10H2,1H3,(H2,19,21). The van der Waals surface area contributed by atoms with Crippen LogP contribution < -0.4 is 5.73 Å². The van der Waals surface area contributed by atoms with E-state index in [0.717, 1.165) is 11.1 Å². The van der Waals surface area contributed by atoms with Crippen molar-refractivity contribution in [2.75, 3.05) is 7.05 Å². The van der Waals surface area contributed by atoms with Gasteiger partial charge >= 0.3 is 0 Å². The smallest absolute Gasteiger partial charge is 0.123 e. The topological polar surface area (TPSA) is 29.3 Å². The lowest BCUT2D eigenvalue weighted by Gasteiger charge is -2.19. The molecule has 0 aliphatic carbocycles. The Labute approximate surface area is 134 Å². The maximum Gasteiger partial charge on any atom is 0.123 e. The Balaban J connectivity index is 2.14. The molecule has 0 bridgehead atoms. The Hall–Kier alpha value is -1.49. The predicted molar refractivity (Wildman–Crippen MR) is 88.9 cm³/mol. The number of thiocarbonyl (C=S) groups is 1. The van der Waals surface area contributed by atoms with Gasteiger partial charge in [-0.15, -0.1) is 0 Å². The molecular weight excluding hydrogens is 307 g/mol. The van der Waals surface area contributed by atoms with Crippen molar-refractivity contribution in [3.8, 4) is 0 Å². The normalized spacial score (nSPS) is 10.9. The van der Waals surface area contributed by atoms with E-state index in [1.165, 1.54) is 12.1 Å². The van der Waals surface area contributed by atoms with Gasteiger partial charge in [-0.25, -0.2) is 4.39 Å². The Kier molecular flexibility index (Phi) is 5.28. The van der Waals surface area contributed by atoms with Gasteiger partial charge in [0, 0.05) is 23.7 Å². The van der Waals surface area contributed by atoms with Crippen LogP contribution in [-0.4, -0.2) is 16.9 Å². The molecule has 0 saturated carbocycles. The third kappa shape index (κ3) is 4.49. The Morgan fingerprint density at radius 2 is 2.00 bits per heavy atom. The van der Waals surface area contributed by atoms with Crippen molar-refractivity contribution in [1.29, 1.82) is 0 Å². The first-order chi connectivity index (χ1) is 9.95. The van der Waals surface area contributed by atoms with Gasteiger partial charge in [-0.1, -0.05) is 36.0 Å². The number of nitrogens with zero attached hydrogens (tertiary/aromatic N) is 1. The minimum absolute atomic E-state index is 0.279. The van der Waals surface area contributed by atoms with E-state index >= 15 is 0 Å². The Morgan fingerprint density at radius 1 is 1.24 bits per heavy atom. The van der Waals surface area contributed by atoms with Crippen LogP contribution in [0.5, 0.6) is 0 Å². The van der Waals surface area contributed by atoms with Gasteiger partial charge in [-0.05, 0) is 48.5 Å². The van der Waals surface area contributed by atoms with Crippen molar-refractivity contribution in [3.63, 3.8) is 0 Å². The van der Waals surface area contributed by atoms with Crippen LogP contribution in [0.4, 0.5) is 4.39 Å². The Morgan fingerprint density at radius 3 is 2.67 bits per heavy atom. The second-order valence-corrected chi connectivity index (χ2v) is 5.84. The van der Waals surface area contributed by atoms with Crippen molar-refractivity contribution in [2.24, 2.45) is 5.73 Å². The number of hydrogen-bond donors (Lipinski definition) is 1. The van der Waals surface area contributed by atoms with Gasteiger partial charge in [-0.3, -0.25) is 4.90 Å². The zero-order valence-electron chi connectivity index (χ0n) is 11.6. The van der Waals surface area contributed by atoms with Crippen molar-refractivity contribution in [3.05, 3.63) is 70.0 Å². The van der Waals surface area contributed by atoms with Gasteiger partial charge < -0.3 is 5.73 Å². The Bertz CT molecular complexity index is 660. The van der Waals surface area contributed by atoms with E-state index in [2.05, 4.69) is 4.90 Å². The van der Waals surface area contributed by atoms with Gasteiger partial charge in [0.15, 0.2) is 0 Å². The quantitative estimate of drug-likeness (QED) is 0.850. The van der Waals surface area contributed by atoms with Crippen LogP contribution >= 0.6 is 23.8 Å². The summed E-state index contributed by atoms with van der Waals surface area (Å²) < 4.78 is 13.4. The lowest BCUT2D eigenvalue weighted by Crippen LogP contribution is -2.21. The predicted octanol–water partition coefficient (Wildman–Crippen LogP) is 3.75. The zero-order valence-corrected chi connectivity index (χ0v) is 13.2. The minimum Gasteiger partial charge on any atom is -0.389 e. The van der Waals surface area contributed by atoms with Gasteiger partial charge in [0.25, 0.3) is 0 Å². The maximum absolute atomic E-state index is 13.4. The lowest BCUT2D eigenvalue weighted by molar-refractivity contribution is 0.318. The van der Waals surface area contributed by atoms with Crippen molar-refractivity contribution >= 4 is 28.8 Å². The highest BCUT2D eigenvalue weighted by molar-refractivity contribution is 7.80. The summed E-state index contributed by atoms with van der Waals surface area (Å²) in [4.78, 5) is 2.34. The van der Waals surface area contributed by atoms with E-state index in [0.29, 0.717) is 23.7 Å². The van der Waals surface area contributed by atoms with Crippen LogP contribution in [-0.2, 0) is 13.1 Å². The number of nitrogens with two attached hydrogens (primary N) is 1. The molecule has 2 aromatic carbocycles. The highest BCUT2D eigenvalue weighted by atomic mass is 35.5. The molecule has 0 saturated heterocycles. The van der Waals surface area contributed by atoms with Crippen LogP contribution in [0.15, 0.2) is 42.5 Å². The molecule has 5 heteroatoms. The fraction of sp³-hybridized carbons (Fsp3) is 0.188. The minimum atomic E-state index is -0.291. The third-order valence-corrected chi connectivity index (χ3v) is 3.57. The molecule has 2 rings (SSSR count). The van der Waals surface area contributed by atoms with Crippen LogP contribution in [0.1, 0.15) is 16.7 Å².